The molecule has 0 aliphatic carbocycles. The van der Waals surface area contributed by atoms with Gasteiger partial charge in [-0.15, -0.1) is 0 Å². The van der Waals surface area contributed by atoms with E-state index in [0.717, 1.165) is 16.6 Å². The average molecular weight is 334 g/mol. The topological polar surface area (TPSA) is 35.2 Å². The fourth-order valence-corrected chi connectivity index (χ4v) is 2.97. The third-order valence-electron chi connectivity index (χ3n) is 3.50. The van der Waals surface area contributed by atoms with Crippen molar-refractivity contribution >= 4 is 15.9 Å². The zero-order valence-corrected chi connectivity index (χ0v) is 13.5. The highest BCUT2D eigenvalue weighted by atomic mass is 79.9. The standard InChI is InChI=1S/C17H20BrNO/c1-12-4-3-5-14(8-12)15(11-19)9-13-6-7-17(20-2)16(18)10-13/h3-8,10,15H,9,11,19H2,1-2H3. The van der Waals surface area contributed by atoms with Crippen LogP contribution in [0.5, 0.6) is 5.75 Å². The first-order valence-electron chi connectivity index (χ1n) is 6.73. The van der Waals surface area contributed by atoms with Crippen LogP contribution in [0.2, 0.25) is 0 Å². The zero-order chi connectivity index (χ0) is 14.5. The highest BCUT2D eigenvalue weighted by Gasteiger charge is 2.12. The summed E-state index contributed by atoms with van der Waals surface area (Å²) >= 11 is 3.53. The number of ether oxygens (including phenoxy) is 1. The third kappa shape index (κ3) is 3.62. The maximum atomic E-state index is 5.96. The molecular formula is C17H20BrNO. The Balaban J connectivity index is 2.20. The molecule has 2 rings (SSSR count). The predicted octanol–water partition coefficient (Wildman–Crippen LogP) is 4.05. The van der Waals surface area contributed by atoms with Crippen molar-refractivity contribution in [3.8, 4) is 5.75 Å². The van der Waals surface area contributed by atoms with Gasteiger partial charge in [0.25, 0.3) is 0 Å². The van der Waals surface area contributed by atoms with Gasteiger partial charge in [0.1, 0.15) is 5.75 Å². The number of rotatable bonds is 5. The first-order valence-corrected chi connectivity index (χ1v) is 7.52. The molecule has 3 heteroatoms. The predicted molar refractivity (Wildman–Crippen MR) is 87.4 cm³/mol. The Labute approximate surface area is 129 Å². The van der Waals surface area contributed by atoms with Crippen LogP contribution in [0.15, 0.2) is 46.9 Å². The van der Waals surface area contributed by atoms with E-state index in [9.17, 15) is 0 Å². The Kier molecular flexibility index (Phi) is 5.21. The fourth-order valence-electron chi connectivity index (χ4n) is 2.38. The normalized spacial score (nSPS) is 12.2. The van der Waals surface area contributed by atoms with Crippen molar-refractivity contribution in [3.63, 3.8) is 0 Å². The van der Waals surface area contributed by atoms with Crippen LogP contribution >= 0.6 is 15.9 Å². The van der Waals surface area contributed by atoms with Gasteiger partial charge in [0.05, 0.1) is 11.6 Å². The molecule has 0 aromatic heterocycles. The van der Waals surface area contributed by atoms with Gasteiger partial charge in [-0.1, -0.05) is 35.9 Å². The molecule has 2 N–H and O–H groups in total. The molecule has 20 heavy (non-hydrogen) atoms. The summed E-state index contributed by atoms with van der Waals surface area (Å²) in [7, 11) is 1.68. The molecule has 0 heterocycles. The summed E-state index contributed by atoms with van der Waals surface area (Å²) in [5, 5.41) is 0. The lowest BCUT2D eigenvalue weighted by Gasteiger charge is -2.16. The molecule has 1 unspecified atom stereocenters. The third-order valence-corrected chi connectivity index (χ3v) is 4.12. The van der Waals surface area contributed by atoms with Crippen molar-refractivity contribution in [2.45, 2.75) is 19.3 Å². The van der Waals surface area contributed by atoms with Gasteiger partial charge in [0.15, 0.2) is 0 Å². The highest BCUT2D eigenvalue weighted by Crippen LogP contribution is 2.28. The minimum atomic E-state index is 0.343. The molecule has 1 atom stereocenters. The molecule has 0 spiro atoms. The van der Waals surface area contributed by atoms with E-state index in [-0.39, 0.29) is 0 Å². The van der Waals surface area contributed by atoms with E-state index in [1.54, 1.807) is 7.11 Å². The van der Waals surface area contributed by atoms with Crippen LogP contribution in [-0.4, -0.2) is 13.7 Å². The summed E-state index contributed by atoms with van der Waals surface area (Å²) in [5.74, 6) is 1.20. The van der Waals surface area contributed by atoms with Crippen molar-refractivity contribution in [3.05, 3.63) is 63.6 Å². The fraction of sp³-hybridized carbons (Fsp3) is 0.294. The molecule has 2 aromatic carbocycles. The van der Waals surface area contributed by atoms with Gasteiger partial charge in [0, 0.05) is 5.92 Å². The van der Waals surface area contributed by atoms with Gasteiger partial charge < -0.3 is 10.5 Å². The van der Waals surface area contributed by atoms with E-state index in [4.69, 9.17) is 10.5 Å². The zero-order valence-electron chi connectivity index (χ0n) is 11.9. The number of benzene rings is 2. The summed E-state index contributed by atoms with van der Waals surface area (Å²) in [6.45, 7) is 2.76. The minimum Gasteiger partial charge on any atom is -0.496 e. The summed E-state index contributed by atoms with van der Waals surface area (Å²) in [6.07, 6.45) is 0.933. The van der Waals surface area contributed by atoms with Gasteiger partial charge in [-0.2, -0.15) is 0 Å². The summed E-state index contributed by atoms with van der Waals surface area (Å²) < 4.78 is 6.24. The van der Waals surface area contributed by atoms with E-state index >= 15 is 0 Å². The molecular weight excluding hydrogens is 314 g/mol. The van der Waals surface area contributed by atoms with Gasteiger partial charge >= 0.3 is 0 Å². The molecule has 0 aliphatic heterocycles. The van der Waals surface area contributed by atoms with Crippen LogP contribution in [0, 0.1) is 6.92 Å². The molecule has 0 radical (unpaired) electrons. The smallest absolute Gasteiger partial charge is 0.133 e. The van der Waals surface area contributed by atoms with E-state index in [1.807, 2.05) is 6.07 Å². The first-order chi connectivity index (χ1) is 9.63. The Morgan fingerprint density at radius 1 is 1.20 bits per heavy atom. The number of hydrogen-bond acceptors (Lipinski definition) is 2. The second-order valence-corrected chi connectivity index (χ2v) is 5.87. The maximum Gasteiger partial charge on any atom is 0.133 e. The molecule has 0 bridgehead atoms. The lowest BCUT2D eigenvalue weighted by molar-refractivity contribution is 0.412. The van der Waals surface area contributed by atoms with Crippen LogP contribution < -0.4 is 10.5 Å². The highest BCUT2D eigenvalue weighted by molar-refractivity contribution is 9.10. The minimum absolute atomic E-state index is 0.343. The second-order valence-electron chi connectivity index (χ2n) is 5.02. The van der Waals surface area contributed by atoms with Gasteiger partial charge in [-0.25, -0.2) is 0 Å². The molecule has 0 aliphatic rings. The number of aryl methyl sites for hydroxylation is 1. The molecule has 2 nitrogen and oxygen atoms in total. The Morgan fingerprint density at radius 3 is 2.60 bits per heavy atom. The molecule has 2 aromatic rings. The van der Waals surface area contributed by atoms with E-state index in [0.29, 0.717) is 12.5 Å². The SMILES string of the molecule is COc1ccc(CC(CN)c2cccc(C)c2)cc1Br. The molecule has 106 valence electrons. The molecule has 0 saturated carbocycles. The quantitative estimate of drug-likeness (QED) is 0.895. The molecule has 0 fully saturated rings. The van der Waals surface area contributed by atoms with Crippen molar-refractivity contribution in [1.82, 2.24) is 0 Å². The second kappa shape index (κ2) is 6.91. The van der Waals surface area contributed by atoms with Crippen LogP contribution in [-0.2, 0) is 6.42 Å². The van der Waals surface area contributed by atoms with Gasteiger partial charge in [-0.3, -0.25) is 0 Å². The van der Waals surface area contributed by atoms with Crippen molar-refractivity contribution in [1.29, 1.82) is 0 Å². The molecule has 0 amide bonds. The lowest BCUT2D eigenvalue weighted by atomic mass is 9.91. The van der Waals surface area contributed by atoms with E-state index in [2.05, 4.69) is 59.3 Å². The largest absolute Gasteiger partial charge is 0.496 e. The van der Waals surface area contributed by atoms with Crippen LogP contribution in [0.25, 0.3) is 0 Å². The summed E-state index contributed by atoms with van der Waals surface area (Å²) in [6, 6.07) is 14.8. The van der Waals surface area contributed by atoms with E-state index < -0.39 is 0 Å². The van der Waals surface area contributed by atoms with Crippen molar-refractivity contribution in [2.24, 2.45) is 5.73 Å². The van der Waals surface area contributed by atoms with Crippen molar-refractivity contribution < 1.29 is 4.74 Å². The summed E-state index contributed by atoms with van der Waals surface area (Å²) in [4.78, 5) is 0. The van der Waals surface area contributed by atoms with Gasteiger partial charge in [0.2, 0.25) is 0 Å². The Hall–Kier alpha value is -1.32. The Bertz CT molecular complexity index is 583. The lowest BCUT2D eigenvalue weighted by Crippen LogP contribution is -2.15. The summed E-state index contributed by atoms with van der Waals surface area (Å²) in [5.41, 5.74) is 9.80. The molecule has 0 saturated heterocycles. The number of hydrogen-bond donors (Lipinski definition) is 1. The Morgan fingerprint density at radius 2 is 2.00 bits per heavy atom. The maximum absolute atomic E-state index is 5.96. The first kappa shape index (κ1) is 15.1. The monoisotopic (exact) mass is 333 g/mol. The van der Waals surface area contributed by atoms with Crippen LogP contribution in [0.4, 0.5) is 0 Å². The van der Waals surface area contributed by atoms with Crippen LogP contribution in [0.3, 0.4) is 0 Å². The number of nitrogens with two attached hydrogens (primary N) is 1. The average Bonchev–Trinajstić information content (AvgIpc) is 2.45. The number of halogens is 1. The number of methoxy groups -OCH3 is 1. The van der Waals surface area contributed by atoms with Crippen molar-refractivity contribution in [2.75, 3.05) is 13.7 Å². The van der Waals surface area contributed by atoms with Crippen LogP contribution in [0.1, 0.15) is 22.6 Å². The van der Waals surface area contributed by atoms with E-state index in [1.165, 1.54) is 16.7 Å². The van der Waals surface area contributed by atoms with Gasteiger partial charge in [-0.05, 0) is 59.1 Å².